The third-order valence-corrected chi connectivity index (χ3v) is 9.14. The zero-order chi connectivity index (χ0) is 26.7. The van der Waals surface area contributed by atoms with Gasteiger partial charge in [0, 0.05) is 23.8 Å². The number of rotatable bonds is 12. The number of benzene rings is 1. The van der Waals surface area contributed by atoms with Crippen LogP contribution in [0.1, 0.15) is 112 Å². The largest absolute Gasteiger partial charge is 0.491 e. The van der Waals surface area contributed by atoms with Crippen molar-refractivity contribution >= 4 is 0 Å². The van der Waals surface area contributed by atoms with E-state index in [1.54, 1.807) is 0 Å². The summed E-state index contributed by atoms with van der Waals surface area (Å²) in [5.74, 6) is 0.324. The molecule has 3 aliphatic heterocycles. The molecule has 4 rings (SSSR count). The molecule has 2 atom stereocenters. The number of epoxide rings is 1. The van der Waals surface area contributed by atoms with E-state index in [1.165, 1.54) is 19.3 Å². The first kappa shape index (κ1) is 28.8. The van der Waals surface area contributed by atoms with Crippen molar-refractivity contribution in [2.24, 2.45) is 5.41 Å². The maximum Gasteiger partial charge on any atom is 0.172 e. The maximum absolute atomic E-state index is 6.85. The lowest BCUT2D eigenvalue weighted by atomic mass is 9.72. The summed E-state index contributed by atoms with van der Waals surface area (Å²) in [6.45, 7) is 18.8. The number of hydrogen-bond donors (Lipinski definition) is 0. The van der Waals surface area contributed by atoms with Gasteiger partial charge in [-0.05, 0) is 64.2 Å². The zero-order valence-corrected chi connectivity index (χ0v) is 24.4. The highest BCUT2D eigenvalue weighted by Crippen LogP contribution is 2.52. The van der Waals surface area contributed by atoms with E-state index in [-0.39, 0.29) is 28.7 Å². The Morgan fingerprint density at radius 2 is 1.62 bits per heavy atom. The fourth-order valence-electron chi connectivity index (χ4n) is 6.39. The molecular weight excluding hydrogens is 466 g/mol. The highest BCUT2D eigenvalue weighted by molar-refractivity contribution is 5.28. The Balaban J connectivity index is 1.47. The van der Waals surface area contributed by atoms with Gasteiger partial charge < -0.3 is 18.9 Å². The Kier molecular flexibility index (Phi) is 8.97. The van der Waals surface area contributed by atoms with Crippen molar-refractivity contribution in [1.29, 1.82) is 0 Å². The average molecular weight is 518 g/mol. The van der Waals surface area contributed by atoms with Crippen molar-refractivity contribution in [2.45, 2.75) is 129 Å². The molecule has 1 aromatic rings. The van der Waals surface area contributed by atoms with Crippen LogP contribution in [0.25, 0.3) is 0 Å². The van der Waals surface area contributed by atoms with E-state index < -0.39 is 5.79 Å². The Morgan fingerprint density at radius 1 is 0.973 bits per heavy atom. The van der Waals surface area contributed by atoms with Crippen LogP contribution >= 0.6 is 0 Å². The van der Waals surface area contributed by atoms with Gasteiger partial charge in [-0.25, -0.2) is 0 Å². The van der Waals surface area contributed by atoms with Crippen LogP contribution in [0.4, 0.5) is 0 Å². The highest BCUT2D eigenvalue weighted by Gasteiger charge is 2.59. The lowest BCUT2D eigenvalue weighted by Crippen LogP contribution is -2.69. The zero-order valence-electron chi connectivity index (χ0n) is 24.4. The Hall–Kier alpha value is -1.18. The van der Waals surface area contributed by atoms with E-state index in [2.05, 4.69) is 65.7 Å². The van der Waals surface area contributed by atoms with E-state index in [9.17, 15) is 0 Å². The second-order valence-electron chi connectivity index (χ2n) is 12.4. The molecule has 0 saturated carbocycles. The summed E-state index contributed by atoms with van der Waals surface area (Å²) < 4.78 is 24.6. The summed E-state index contributed by atoms with van der Waals surface area (Å²) in [5.41, 5.74) is 0.873. The minimum absolute atomic E-state index is 0.0819. The highest BCUT2D eigenvalue weighted by atomic mass is 16.7. The number of ether oxygens (including phenoxy) is 4. The first-order valence-corrected chi connectivity index (χ1v) is 14.7. The number of unbranched alkanes of at least 4 members (excludes halogenated alkanes) is 1. The lowest BCUT2D eigenvalue weighted by molar-refractivity contribution is -0.396. The summed E-state index contributed by atoms with van der Waals surface area (Å²) in [5, 5.41) is 2.30. The van der Waals surface area contributed by atoms with Gasteiger partial charge in [-0.3, -0.25) is 4.84 Å². The molecule has 3 saturated heterocycles. The van der Waals surface area contributed by atoms with Crippen LogP contribution in [0.3, 0.4) is 0 Å². The molecule has 1 aromatic carbocycles. The molecule has 3 aliphatic rings. The van der Waals surface area contributed by atoms with Crippen LogP contribution in [-0.4, -0.2) is 54.5 Å². The quantitative estimate of drug-likeness (QED) is 0.273. The number of hydroxylamine groups is 2. The molecule has 0 aromatic heterocycles. The van der Waals surface area contributed by atoms with Gasteiger partial charge >= 0.3 is 0 Å². The number of hydrogen-bond acceptors (Lipinski definition) is 6. The minimum atomic E-state index is -0.548. The summed E-state index contributed by atoms with van der Waals surface area (Å²) >= 11 is 0. The molecule has 3 fully saturated rings. The predicted molar refractivity (Wildman–Crippen MR) is 147 cm³/mol. The van der Waals surface area contributed by atoms with Crippen molar-refractivity contribution in [2.75, 3.05) is 26.4 Å². The van der Waals surface area contributed by atoms with E-state index in [4.69, 9.17) is 23.8 Å². The monoisotopic (exact) mass is 517 g/mol. The molecule has 2 unspecified atom stereocenters. The van der Waals surface area contributed by atoms with Gasteiger partial charge in [-0.2, -0.15) is 5.06 Å². The van der Waals surface area contributed by atoms with Gasteiger partial charge in [-0.15, -0.1) is 0 Å². The summed E-state index contributed by atoms with van der Waals surface area (Å²) in [4.78, 5) is 6.85. The maximum atomic E-state index is 6.85. The molecular formula is C31H51NO5. The lowest BCUT2D eigenvalue weighted by Gasteiger charge is -2.61. The van der Waals surface area contributed by atoms with Crippen molar-refractivity contribution in [3.05, 3.63) is 29.8 Å². The Bertz CT molecular complexity index is 853. The smallest absolute Gasteiger partial charge is 0.172 e. The minimum Gasteiger partial charge on any atom is -0.491 e. The second kappa shape index (κ2) is 11.5. The SMILES string of the molecule is CCCCC1(CC)COC2(CC(C)(C)N(OC(C)c3ccc(OCC4CO4)cc3)C(CC)(CC)C2)OC1. The van der Waals surface area contributed by atoms with Crippen LogP contribution in [0.15, 0.2) is 24.3 Å². The van der Waals surface area contributed by atoms with Crippen LogP contribution in [0.5, 0.6) is 5.75 Å². The van der Waals surface area contributed by atoms with Gasteiger partial charge in [0.05, 0.1) is 25.4 Å². The molecule has 3 heterocycles. The molecule has 0 amide bonds. The number of nitrogens with zero attached hydrogens (tertiary/aromatic N) is 1. The first-order valence-electron chi connectivity index (χ1n) is 14.7. The molecule has 0 radical (unpaired) electrons. The van der Waals surface area contributed by atoms with Gasteiger partial charge in [0.25, 0.3) is 0 Å². The van der Waals surface area contributed by atoms with E-state index >= 15 is 0 Å². The normalized spacial score (nSPS) is 31.8. The fraction of sp³-hybridized carbons (Fsp3) is 0.806. The average Bonchev–Trinajstić information content (AvgIpc) is 3.74. The van der Waals surface area contributed by atoms with Crippen LogP contribution in [-0.2, 0) is 19.0 Å². The van der Waals surface area contributed by atoms with Crippen LogP contribution in [0.2, 0.25) is 0 Å². The van der Waals surface area contributed by atoms with Gasteiger partial charge in [0.1, 0.15) is 24.6 Å². The Morgan fingerprint density at radius 3 is 2.16 bits per heavy atom. The first-order chi connectivity index (χ1) is 17.6. The standard InChI is InChI=1S/C31H51NO5/c1-8-12-17-29(9-2)22-35-31(36-23-29)20-28(6,7)32(30(10-3,11-4)21-31)37-24(5)25-13-15-26(16-14-25)33-18-27-19-34-27/h13-16,24,27H,8-12,17-23H2,1-7H3. The molecule has 0 bridgehead atoms. The van der Waals surface area contributed by atoms with Gasteiger partial charge in [-0.1, -0.05) is 52.7 Å². The third kappa shape index (κ3) is 6.36. The summed E-state index contributed by atoms with van der Waals surface area (Å²) in [6.07, 6.45) is 8.46. The second-order valence-corrected chi connectivity index (χ2v) is 12.4. The van der Waals surface area contributed by atoms with E-state index in [1.807, 2.05) is 12.1 Å². The molecule has 6 heteroatoms. The predicted octanol–water partition coefficient (Wildman–Crippen LogP) is 7.22. The fourth-order valence-corrected chi connectivity index (χ4v) is 6.39. The number of piperidine rings is 1. The van der Waals surface area contributed by atoms with Crippen molar-refractivity contribution in [1.82, 2.24) is 5.06 Å². The van der Waals surface area contributed by atoms with Crippen molar-refractivity contribution in [3.8, 4) is 5.75 Å². The Labute approximate surface area is 225 Å². The van der Waals surface area contributed by atoms with Crippen molar-refractivity contribution < 1.29 is 23.8 Å². The van der Waals surface area contributed by atoms with E-state index in [0.29, 0.717) is 6.61 Å². The summed E-state index contributed by atoms with van der Waals surface area (Å²) in [6, 6.07) is 8.28. The molecule has 6 nitrogen and oxygen atoms in total. The van der Waals surface area contributed by atoms with Crippen LogP contribution in [0, 0.1) is 5.41 Å². The topological polar surface area (TPSA) is 52.7 Å². The molecule has 0 N–H and O–H groups in total. The molecule has 0 aliphatic carbocycles. The third-order valence-electron chi connectivity index (χ3n) is 9.14. The summed E-state index contributed by atoms with van der Waals surface area (Å²) in [7, 11) is 0. The van der Waals surface area contributed by atoms with Gasteiger partial charge in [0.15, 0.2) is 5.79 Å². The molecule has 37 heavy (non-hydrogen) atoms. The van der Waals surface area contributed by atoms with Crippen LogP contribution < -0.4 is 4.74 Å². The molecule has 1 spiro atoms. The van der Waals surface area contributed by atoms with E-state index in [0.717, 1.165) is 63.2 Å². The van der Waals surface area contributed by atoms with Crippen molar-refractivity contribution in [3.63, 3.8) is 0 Å². The molecule has 210 valence electrons. The van der Waals surface area contributed by atoms with Gasteiger partial charge in [0.2, 0.25) is 0 Å².